The van der Waals surface area contributed by atoms with Crippen molar-refractivity contribution in [3.8, 4) is 6.07 Å². The van der Waals surface area contributed by atoms with Crippen LogP contribution in [0.1, 0.15) is 44.2 Å². The molecule has 0 aliphatic carbocycles. The van der Waals surface area contributed by atoms with Crippen molar-refractivity contribution >= 4 is 5.69 Å². The van der Waals surface area contributed by atoms with Crippen LogP contribution >= 0.6 is 0 Å². The highest BCUT2D eigenvalue weighted by atomic mass is 19.1. The average molecular weight is 289 g/mol. The first-order valence-electron chi connectivity index (χ1n) is 7.72. The number of likely N-dealkylation sites (tertiary alicyclic amines) is 1. The van der Waals surface area contributed by atoms with E-state index in [1.807, 2.05) is 6.07 Å². The Kier molecular flexibility index (Phi) is 5.19. The van der Waals surface area contributed by atoms with Crippen LogP contribution in [0.5, 0.6) is 0 Å². The predicted molar refractivity (Wildman–Crippen MR) is 83.8 cm³/mol. The third-order valence-electron chi connectivity index (χ3n) is 4.33. The highest BCUT2D eigenvalue weighted by Crippen LogP contribution is 2.24. The molecule has 1 heterocycles. The van der Waals surface area contributed by atoms with E-state index in [9.17, 15) is 4.39 Å². The Morgan fingerprint density at radius 1 is 1.33 bits per heavy atom. The molecular formula is C17H24FN3. The molecule has 0 radical (unpaired) electrons. The molecule has 4 heteroatoms. The molecule has 1 saturated heterocycles. The molecule has 1 atom stereocenters. The van der Waals surface area contributed by atoms with Crippen molar-refractivity contribution in [3.05, 3.63) is 29.1 Å². The quantitative estimate of drug-likeness (QED) is 0.922. The van der Waals surface area contributed by atoms with Crippen LogP contribution in [0.4, 0.5) is 10.1 Å². The van der Waals surface area contributed by atoms with Crippen LogP contribution < -0.4 is 5.32 Å². The Morgan fingerprint density at radius 3 is 2.76 bits per heavy atom. The summed E-state index contributed by atoms with van der Waals surface area (Å²) >= 11 is 0. The number of anilines is 1. The number of nitrogens with zero attached hydrogens (tertiary/aromatic N) is 2. The van der Waals surface area contributed by atoms with Crippen LogP contribution in [0.15, 0.2) is 12.1 Å². The second kappa shape index (κ2) is 6.91. The van der Waals surface area contributed by atoms with Gasteiger partial charge in [0.1, 0.15) is 5.82 Å². The molecule has 1 aromatic rings. The zero-order valence-corrected chi connectivity index (χ0v) is 13.1. The van der Waals surface area contributed by atoms with Crippen LogP contribution in [0.25, 0.3) is 0 Å². The van der Waals surface area contributed by atoms with E-state index >= 15 is 0 Å². The lowest BCUT2D eigenvalue weighted by Gasteiger charge is -2.24. The van der Waals surface area contributed by atoms with Crippen LogP contribution in [0, 0.1) is 24.1 Å². The van der Waals surface area contributed by atoms with E-state index in [1.54, 1.807) is 13.0 Å². The summed E-state index contributed by atoms with van der Waals surface area (Å²) in [5, 5.41) is 12.4. The molecule has 0 spiro atoms. The number of hydrogen-bond donors (Lipinski definition) is 1. The van der Waals surface area contributed by atoms with Gasteiger partial charge < -0.3 is 10.2 Å². The van der Waals surface area contributed by atoms with Crippen LogP contribution in [-0.4, -0.2) is 30.1 Å². The normalized spacial score (nSPS) is 20.1. The topological polar surface area (TPSA) is 39.1 Å². The minimum absolute atomic E-state index is 0.311. The fourth-order valence-electron chi connectivity index (χ4n) is 2.89. The second-order valence-corrected chi connectivity index (χ2v) is 6.14. The summed E-state index contributed by atoms with van der Waals surface area (Å²) in [5.41, 5.74) is 1.73. The van der Waals surface area contributed by atoms with Gasteiger partial charge in [0.25, 0.3) is 0 Å². The van der Waals surface area contributed by atoms with E-state index in [-0.39, 0.29) is 5.82 Å². The summed E-state index contributed by atoms with van der Waals surface area (Å²) in [6, 6.07) is 5.99. The van der Waals surface area contributed by atoms with Crippen molar-refractivity contribution < 1.29 is 4.39 Å². The molecule has 2 rings (SSSR count). The zero-order chi connectivity index (χ0) is 15.4. The highest BCUT2D eigenvalue weighted by molar-refractivity contribution is 5.56. The Bertz CT molecular complexity index is 534. The Hall–Kier alpha value is -1.60. The summed E-state index contributed by atoms with van der Waals surface area (Å²) in [6.07, 6.45) is 3.28. The van der Waals surface area contributed by atoms with Crippen LogP contribution in [0.3, 0.4) is 0 Å². The molecule has 0 saturated carbocycles. The fraction of sp³-hybridized carbons (Fsp3) is 0.588. The third-order valence-corrected chi connectivity index (χ3v) is 4.33. The molecule has 1 aliphatic rings. The lowest BCUT2D eigenvalue weighted by molar-refractivity contribution is 0.230. The molecule has 0 amide bonds. The van der Waals surface area contributed by atoms with E-state index in [4.69, 9.17) is 5.26 Å². The summed E-state index contributed by atoms with van der Waals surface area (Å²) in [6.45, 7) is 8.40. The predicted octanol–water partition coefficient (Wildman–Crippen LogP) is 3.68. The molecule has 0 aromatic heterocycles. The summed E-state index contributed by atoms with van der Waals surface area (Å²) in [4.78, 5) is 2.49. The first kappa shape index (κ1) is 15.8. The zero-order valence-electron chi connectivity index (χ0n) is 13.1. The molecule has 1 aliphatic heterocycles. The minimum atomic E-state index is -0.311. The molecule has 3 nitrogen and oxygen atoms in total. The van der Waals surface area contributed by atoms with Gasteiger partial charge >= 0.3 is 0 Å². The molecule has 0 bridgehead atoms. The Morgan fingerprint density at radius 2 is 2.10 bits per heavy atom. The van der Waals surface area contributed by atoms with Gasteiger partial charge in [0.05, 0.1) is 11.6 Å². The molecule has 1 aromatic carbocycles. The van der Waals surface area contributed by atoms with Gasteiger partial charge in [-0.1, -0.05) is 0 Å². The van der Waals surface area contributed by atoms with E-state index in [0.717, 1.165) is 38.0 Å². The largest absolute Gasteiger partial charge is 0.382 e. The van der Waals surface area contributed by atoms with Crippen molar-refractivity contribution in [2.75, 3.05) is 18.4 Å². The highest BCUT2D eigenvalue weighted by Gasteiger charge is 2.19. The van der Waals surface area contributed by atoms with Crippen molar-refractivity contribution in [2.24, 2.45) is 0 Å². The van der Waals surface area contributed by atoms with Crippen LogP contribution in [-0.2, 0) is 0 Å². The second-order valence-electron chi connectivity index (χ2n) is 6.14. The number of halogens is 1. The maximum Gasteiger partial charge on any atom is 0.129 e. The third kappa shape index (κ3) is 3.95. The number of rotatable bonds is 3. The van der Waals surface area contributed by atoms with E-state index in [1.165, 1.54) is 6.07 Å². The lowest BCUT2D eigenvalue weighted by atomic mass is 10.1. The van der Waals surface area contributed by atoms with Gasteiger partial charge in [0.2, 0.25) is 0 Å². The molecular weight excluding hydrogens is 265 g/mol. The SMILES string of the molecule is Cc1c(F)cc(C#N)cc1NC1CCCN(C(C)C)CC1. The fourth-order valence-corrected chi connectivity index (χ4v) is 2.89. The first-order valence-corrected chi connectivity index (χ1v) is 7.72. The van der Waals surface area contributed by atoms with Gasteiger partial charge in [-0.25, -0.2) is 4.39 Å². The summed E-state index contributed by atoms with van der Waals surface area (Å²) in [5.74, 6) is -0.311. The minimum Gasteiger partial charge on any atom is -0.382 e. The number of nitriles is 1. The molecule has 21 heavy (non-hydrogen) atoms. The summed E-state index contributed by atoms with van der Waals surface area (Å²) < 4.78 is 13.8. The van der Waals surface area contributed by atoms with Crippen molar-refractivity contribution in [1.82, 2.24) is 4.90 Å². The van der Waals surface area contributed by atoms with Gasteiger partial charge in [-0.15, -0.1) is 0 Å². The van der Waals surface area contributed by atoms with Crippen molar-refractivity contribution in [2.45, 2.75) is 52.1 Å². The number of benzene rings is 1. The molecule has 1 fully saturated rings. The molecule has 114 valence electrons. The van der Waals surface area contributed by atoms with Gasteiger partial charge in [-0.3, -0.25) is 0 Å². The van der Waals surface area contributed by atoms with Gasteiger partial charge in [0.15, 0.2) is 0 Å². The maximum atomic E-state index is 13.8. The Balaban J connectivity index is 2.08. The van der Waals surface area contributed by atoms with E-state index in [0.29, 0.717) is 23.2 Å². The standard InChI is InChI=1S/C17H24FN3/c1-12(2)21-7-4-5-15(6-8-21)20-17-10-14(11-19)9-16(18)13(17)3/h9-10,12,15,20H,4-8H2,1-3H3. The van der Waals surface area contributed by atoms with E-state index in [2.05, 4.69) is 24.1 Å². The van der Waals surface area contributed by atoms with Crippen LogP contribution in [0.2, 0.25) is 0 Å². The Labute approximate surface area is 126 Å². The number of hydrogen-bond acceptors (Lipinski definition) is 3. The summed E-state index contributed by atoms with van der Waals surface area (Å²) in [7, 11) is 0. The van der Waals surface area contributed by atoms with Gasteiger partial charge in [0, 0.05) is 29.9 Å². The first-order chi connectivity index (χ1) is 10.0. The molecule has 1 N–H and O–H groups in total. The smallest absolute Gasteiger partial charge is 0.129 e. The lowest BCUT2D eigenvalue weighted by Crippen LogP contribution is -2.32. The van der Waals surface area contributed by atoms with Crippen molar-refractivity contribution in [3.63, 3.8) is 0 Å². The molecule has 1 unspecified atom stereocenters. The van der Waals surface area contributed by atoms with Gasteiger partial charge in [-0.05, 0) is 58.7 Å². The van der Waals surface area contributed by atoms with E-state index < -0.39 is 0 Å². The average Bonchev–Trinajstić information content (AvgIpc) is 2.69. The van der Waals surface area contributed by atoms with Crippen molar-refractivity contribution in [1.29, 1.82) is 5.26 Å². The number of nitrogens with one attached hydrogen (secondary N) is 1. The maximum absolute atomic E-state index is 13.8. The monoisotopic (exact) mass is 289 g/mol. The van der Waals surface area contributed by atoms with Gasteiger partial charge in [-0.2, -0.15) is 5.26 Å².